The maximum atomic E-state index is 10.5. The van der Waals surface area contributed by atoms with Crippen molar-refractivity contribution in [3.8, 4) is 11.4 Å². The molecule has 9 nitrogen and oxygen atoms in total. The molecule has 0 aliphatic rings. The fourth-order valence-corrected chi connectivity index (χ4v) is 1.39. The Bertz CT molecular complexity index is 621. The van der Waals surface area contributed by atoms with Crippen LogP contribution in [-0.4, -0.2) is 32.7 Å². The molecular weight excluding hydrogens is 270 g/mol. The van der Waals surface area contributed by atoms with Crippen LogP contribution in [0, 0.1) is 10.1 Å². The Hall–Kier alpha value is -2.81. The smallest absolute Gasteiger partial charge is 0.329 e. The van der Waals surface area contributed by atoms with Crippen molar-refractivity contribution in [2.45, 2.75) is 6.61 Å². The van der Waals surface area contributed by atoms with Gasteiger partial charge in [-0.05, 0) is 12.1 Å². The summed E-state index contributed by atoms with van der Waals surface area (Å²) in [5, 5.41) is 22.6. The van der Waals surface area contributed by atoms with Gasteiger partial charge in [0.25, 0.3) is 11.6 Å². The van der Waals surface area contributed by atoms with Crippen LogP contribution in [0.4, 0.5) is 5.69 Å². The van der Waals surface area contributed by atoms with E-state index in [1.165, 1.54) is 24.3 Å². The lowest BCUT2D eigenvalue weighted by atomic mass is 10.2. The lowest BCUT2D eigenvalue weighted by Gasteiger charge is -1.95. The van der Waals surface area contributed by atoms with Crippen molar-refractivity contribution in [3.63, 3.8) is 0 Å². The van der Waals surface area contributed by atoms with Crippen LogP contribution < -0.4 is 0 Å². The van der Waals surface area contributed by atoms with Gasteiger partial charge in [0.1, 0.15) is 13.2 Å². The van der Waals surface area contributed by atoms with E-state index < -0.39 is 17.5 Å². The minimum Gasteiger partial charge on any atom is -0.480 e. The number of aromatic nitrogens is 2. The number of hydrogen-bond acceptors (Lipinski definition) is 7. The number of rotatable bonds is 6. The number of aliphatic carboxylic acids is 1. The Morgan fingerprint density at radius 3 is 2.70 bits per heavy atom. The topological polar surface area (TPSA) is 129 Å². The quantitative estimate of drug-likeness (QED) is 0.617. The van der Waals surface area contributed by atoms with Crippen LogP contribution in [0.15, 0.2) is 28.8 Å². The van der Waals surface area contributed by atoms with Gasteiger partial charge in [0, 0.05) is 17.7 Å². The summed E-state index contributed by atoms with van der Waals surface area (Å²) in [7, 11) is 0. The first-order chi connectivity index (χ1) is 9.56. The van der Waals surface area contributed by atoms with E-state index >= 15 is 0 Å². The van der Waals surface area contributed by atoms with Gasteiger partial charge in [0.2, 0.25) is 5.82 Å². The summed E-state index contributed by atoms with van der Waals surface area (Å²) in [5.41, 5.74) is 0.506. The van der Waals surface area contributed by atoms with Gasteiger partial charge in [-0.2, -0.15) is 4.98 Å². The van der Waals surface area contributed by atoms with Gasteiger partial charge >= 0.3 is 5.97 Å². The maximum absolute atomic E-state index is 10.5. The second-order valence-corrected chi connectivity index (χ2v) is 3.70. The highest BCUT2D eigenvalue weighted by atomic mass is 16.6. The van der Waals surface area contributed by atoms with E-state index in [0.29, 0.717) is 5.56 Å². The second kappa shape index (κ2) is 5.89. The van der Waals surface area contributed by atoms with Gasteiger partial charge < -0.3 is 14.4 Å². The third-order valence-corrected chi connectivity index (χ3v) is 2.26. The van der Waals surface area contributed by atoms with Crippen molar-refractivity contribution < 1.29 is 24.1 Å². The summed E-state index contributed by atoms with van der Waals surface area (Å²) in [6, 6.07) is 5.63. The van der Waals surface area contributed by atoms with E-state index in [4.69, 9.17) is 14.4 Å². The van der Waals surface area contributed by atoms with Crippen molar-refractivity contribution in [1.29, 1.82) is 0 Å². The first-order valence-electron chi connectivity index (χ1n) is 5.43. The molecule has 0 bridgehead atoms. The predicted molar refractivity (Wildman–Crippen MR) is 63.7 cm³/mol. The van der Waals surface area contributed by atoms with E-state index in [0.717, 1.165) is 0 Å². The number of hydrogen-bond donors (Lipinski definition) is 1. The van der Waals surface area contributed by atoms with Crippen LogP contribution in [0.5, 0.6) is 0 Å². The molecule has 0 saturated heterocycles. The summed E-state index contributed by atoms with van der Waals surface area (Å²) < 4.78 is 9.66. The fourth-order valence-electron chi connectivity index (χ4n) is 1.39. The SMILES string of the molecule is O=C(O)COCc1nc(-c2ccc([N+](=O)[O-])cc2)no1. The number of nitro groups is 1. The number of non-ortho nitro benzene ring substituents is 1. The van der Waals surface area contributed by atoms with E-state index in [9.17, 15) is 14.9 Å². The Kier molecular flexibility index (Phi) is 4.01. The number of benzene rings is 1. The molecule has 0 aliphatic carbocycles. The first-order valence-corrected chi connectivity index (χ1v) is 5.43. The Morgan fingerprint density at radius 2 is 2.10 bits per heavy atom. The average Bonchev–Trinajstić information content (AvgIpc) is 2.87. The zero-order valence-corrected chi connectivity index (χ0v) is 10.1. The first kappa shape index (κ1) is 13.6. The maximum Gasteiger partial charge on any atom is 0.329 e. The summed E-state index contributed by atoms with van der Waals surface area (Å²) in [6.07, 6.45) is 0. The molecule has 1 aromatic heterocycles. The van der Waals surface area contributed by atoms with Gasteiger partial charge in [0.05, 0.1) is 4.92 Å². The van der Waals surface area contributed by atoms with Crippen LogP contribution in [0.2, 0.25) is 0 Å². The van der Waals surface area contributed by atoms with Gasteiger partial charge in [0.15, 0.2) is 0 Å². The summed E-state index contributed by atoms with van der Waals surface area (Å²) >= 11 is 0. The number of nitro benzene ring substituents is 1. The molecule has 0 atom stereocenters. The summed E-state index contributed by atoms with van der Waals surface area (Å²) in [6.45, 7) is -0.582. The molecule has 0 spiro atoms. The molecule has 0 fully saturated rings. The molecule has 9 heteroatoms. The van der Waals surface area contributed by atoms with Crippen molar-refractivity contribution in [3.05, 3.63) is 40.3 Å². The van der Waals surface area contributed by atoms with E-state index in [-0.39, 0.29) is 24.0 Å². The molecule has 1 N–H and O–H groups in total. The predicted octanol–water partition coefficient (Wildman–Crippen LogP) is 1.25. The molecule has 2 rings (SSSR count). The Balaban J connectivity index is 2.04. The molecule has 2 aromatic rings. The van der Waals surface area contributed by atoms with E-state index in [1.54, 1.807) is 0 Å². The van der Waals surface area contributed by atoms with Crippen LogP contribution in [0.25, 0.3) is 11.4 Å². The molecule has 0 radical (unpaired) electrons. The standard InChI is InChI=1S/C11H9N3O6/c15-10(16)6-19-5-9-12-11(13-20-9)7-1-3-8(4-2-7)14(17)18/h1-4H,5-6H2,(H,15,16). The monoisotopic (exact) mass is 279 g/mol. The number of nitrogens with zero attached hydrogens (tertiary/aromatic N) is 3. The largest absolute Gasteiger partial charge is 0.480 e. The molecule has 0 saturated carbocycles. The highest BCUT2D eigenvalue weighted by Gasteiger charge is 2.11. The fraction of sp³-hybridized carbons (Fsp3) is 0.182. The highest BCUT2D eigenvalue weighted by molar-refractivity contribution is 5.68. The normalized spacial score (nSPS) is 10.4. The van der Waals surface area contributed by atoms with Crippen molar-refractivity contribution in [2.75, 3.05) is 6.61 Å². The molecule has 104 valence electrons. The van der Waals surface area contributed by atoms with Crippen LogP contribution in [0.1, 0.15) is 5.89 Å². The van der Waals surface area contributed by atoms with Gasteiger partial charge in [-0.25, -0.2) is 4.79 Å². The molecule has 0 unspecified atom stereocenters. The lowest BCUT2D eigenvalue weighted by molar-refractivity contribution is -0.384. The minimum absolute atomic E-state index is 0.0396. The average molecular weight is 279 g/mol. The second-order valence-electron chi connectivity index (χ2n) is 3.70. The van der Waals surface area contributed by atoms with E-state index in [2.05, 4.69) is 10.1 Å². The van der Waals surface area contributed by atoms with E-state index in [1.807, 2.05) is 0 Å². The highest BCUT2D eigenvalue weighted by Crippen LogP contribution is 2.19. The van der Waals surface area contributed by atoms with Crippen molar-refractivity contribution in [2.24, 2.45) is 0 Å². The third-order valence-electron chi connectivity index (χ3n) is 2.26. The van der Waals surface area contributed by atoms with Crippen LogP contribution >= 0.6 is 0 Å². The molecule has 20 heavy (non-hydrogen) atoms. The number of ether oxygens (including phenoxy) is 1. The zero-order valence-electron chi connectivity index (χ0n) is 10.1. The summed E-state index contributed by atoms with van der Waals surface area (Å²) in [5.74, 6) is -0.728. The van der Waals surface area contributed by atoms with Crippen molar-refractivity contribution >= 4 is 11.7 Å². The minimum atomic E-state index is -1.10. The summed E-state index contributed by atoms with van der Waals surface area (Å²) in [4.78, 5) is 24.3. The molecular formula is C11H9N3O6. The number of carboxylic acids is 1. The third kappa shape index (κ3) is 3.36. The number of carboxylic acid groups (broad SMARTS) is 1. The zero-order chi connectivity index (χ0) is 14.5. The molecule has 1 aromatic carbocycles. The number of carbonyl (C=O) groups is 1. The van der Waals surface area contributed by atoms with Gasteiger partial charge in [-0.3, -0.25) is 10.1 Å². The molecule has 1 heterocycles. The molecule has 0 amide bonds. The lowest BCUT2D eigenvalue weighted by Crippen LogP contribution is -2.06. The van der Waals surface area contributed by atoms with Gasteiger partial charge in [-0.15, -0.1) is 0 Å². The van der Waals surface area contributed by atoms with Crippen molar-refractivity contribution in [1.82, 2.24) is 10.1 Å². The Labute approximate surface area is 111 Å². The van der Waals surface area contributed by atoms with Crippen LogP contribution in [0.3, 0.4) is 0 Å². The Morgan fingerprint density at radius 1 is 1.40 bits per heavy atom. The molecule has 0 aliphatic heterocycles. The van der Waals surface area contributed by atoms with Gasteiger partial charge in [-0.1, -0.05) is 5.16 Å². The van der Waals surface area contributed by atoms with Crippen LogP contribution in [-0.2, 0) is 16.1 Å².